The van der Waals surface area contributed by atoms with Gasteiger partial charge in [-0.15, -0.1) is 11.3 Å². The molecule has 1 fully saturated rings. The number of aryl methyl sites for hydroxylation is 1. The van der Waals surface area contributed by atoms with Crippen molar-refractivity contribution in [3.63, 3.8) is 0 Å². The van der Waals surface area contributed by atoms with E-state index in [1.54, 1.807) is 5.38 Å². The van der Waals surface area contributed by atoms with Crippen LogP contribution in [0.3, 0.4) is 0 Å². The number of hydrogen-bond acceptors (Lipinski definition) is 4. The number of nitrogens with one attached hydrogen (secondary N) is 1. The Kier molecular flexibility index (Phi) is 5.56. The van der Waals surface area contributed by atoms with Crippen LogP contribution in [-0.4, -0.2) is 32.3 Å². The molecule has 25 heavy (non-hydrogen) atoms. The van der Waals surface area contributed by atoms with Gasteiger partial charge >= 0.3 is 0 Å². The van der Waals surface area contributed by atoms with E-state index in [1.165, 1.54) is 6.07 Å². The van der Waals surface area contributed by atoms with Crippen molar-refractivity contribution in [2.75, 3.05) is 13.1 Å². The van der Waals surface area contributed by atoms with Crippen LogP contribution in [0, 0.1) is 6.92 Å². The summed E-state index contributed by atoms with van der Waals surface area (Å²) in [6.07, 6.45) is 3.17. The molecule has 0 atom stereocenters. The molecule has 1 amide bonds. The van der Waals surface area contributed by atoms with Crippen molar-refractivity contribution in [3.8, 4) is 0 Å². The maximum absolute atomic E-state index is 12.5. The van der Waals surface area contributed by atoms with E-state index in [4.69, 9.17) is 0 Å². The molecule has 2 heterocycles. The number of sulfonamides is 1. The molecule has 1 N–H and O–H groups in total. The van der Waals surface area contributed by atoms with Crippen molar-refractivity contribution in [1.29, 1.82) is 0 Å². The molecule has 1 aliphatic heterocycles. The van der Waals surface area contributed by atoms with E-state index in [0.29, 0.717) is 5.56 Å². The number of thiophene rings is 1. The molecule has 7 heteroatoms. The van der Waals surface area contributed by atoms with Gasteiger partial charge in [0.15, 0.2) is 0 Å². The summed E-state index contributed by atoms with van der Waals surface area (Å²) in [6, 6.07) is 9.14. The summed E-state index contributed by atoms with van der Waals surface area (Å²) in [5, 5.41) is 1.64. The summed E-state index contributed by atoms with van der Waals surface area (Å²) in [7, 11) is -3.62. The molecule has 0 saturated carbocycles. The first-order valence-electron chi connectivity index (χ1n) is 8.39. The van der Waals surface area contributed by atoms with Gasteiger partial charge in [0.2, 0.25) is 10.0 Å². The van der Waals surface area contributed by atoms with Crippen LogP contribution in [-0.2, 0) is 16.6 Å². The minimum atomic E-state index is -3.62. The number of carbonyl (C=O) groups is 1. The summed E-state index contributed by atoms with van der Waals surface area (Å²) >= 11 is 1.09. The molecule has 134 valence electrons. The van der Waals surface area contributed by atoms with Gasteiger partial charge in [-0.25, -0.2) is 13.1 Å². The van der Waals surface area contributed by atoms with Crippen molar-refractivity contribution >= 4 is 27.3 Å². The van der Waals surface area contributed by atoms with Gasteiger partial charge in [0.05, 0.1) is 5.56 Å². The number of benzene rings is 1. The molecule has 5 nitrogen and oxygen atoms in total. The molecule has 0 aliphatic carbocycles. The molecule has 0 spiro atoms. The van der Waals surface area contributed by atoms with Crippen LogP contribution in [0.2, 0.25) is 0 Å². The van der Waals surface area contributed by atoms with Gasteiger partial charge in [-0.05, 0) is 43.4 Å². The zero-order chi connectivity index (χ0) is 17.9. The van der Waals surface area contributed by atoms with E-state index >= 15 is 0 Å². The van der Waals surface area contributed by atoms with Gasteiger partial charge in [-0.1, -0.05) is 24.3 Å². The lowest BCUT2D eigenvalue weighted by Gasteiger charge is -2.26. The zero-order valence-corrected chi connectivity index (χ0v) is 15.8. The lowest BCUT2D eigenvalue weighted by molar-refractivity contribution is 0.0725. The second-order valence-corrected chi connectivity index (χ2v) is 9.16. The second-order valence-electron chi connectivity index (χ2n) is 6.26. The average molecular weight is 379 g/mol. The van der Waals surface area contributed by atoms with E-state index in [1.807, 2.05) is 36.1 Å². The number of nitrogens with zero attached hydrogens (tertiary/aromatic N) is 1. The number of piperidine rings is 1. The Morgan fingerprint density at radius 3 is 2.64 bits per heavy atom. The van der Waals surface area contributed by atoms with E-state index in [9.17, 15) is 13.2 Å². The smallest absolute Gasteiger partial charge is 0.254 e. The van der Waals surface area contributed by atoms with Crippen LogP contribution in [0.1, 0.15) is 40.7 Å². The molecule has 0 unspecified atom stereocenters. The van der Waals surface area contributed by atoms with Crippen LogP contribution in [0.5, 0.6) is 0 Å². The third-order valence-electron chi connectivity index (χ3n) is 4.44. The predicted molar refractivity (Wildman–Crippen MR) is 99.3 cm³/mol. The molecule has 1 saturated heterocycles. The standard InChI is InChI=1S/C18H22N2O3S2/c1-14-7-3-4-8-15(14)12-19-25(22,23)17-11-16(13-24-17)18(21)20-9-5-2-6-10-20/h3-4,7-8,11,13,19H,2,5-6,9-10,12H2,1H3. The molecule has 3 rings (SSSR count). The Morgan fingerprint density at radius 2 is 1.92 bits per heavy atom. The Morgan fingerprint density at radius 1 is 1.20 bits per heavy atom. The highest BCUT2D eigenvalue weighted by atomic mass is 32.2. The zero-order valence-electron chi connectivity index (χ0n) is 14.2. The lowest BCUT2D eigenvalue weighted by Crippen LogP contribution is -2.35. The Bertz CT molecular complexity index is 853. The topological polar surface area (TPSA) is 66.5 Å². The molecule has 0 bridgehead atoms. The summed E-state index contributed by atoms with van der Waals surface area (Å²) in [6.45, 7) is 3.69. The fourth-order valence-electron chi connectivity index (χ4n) is 2.90. The van der Waals surface area contributed by atoms with Gasteiger partial charge in [0.1, 0.15) is 4.21 Å². The van der Waals surface area contributed by atoms with Crippen molar-refractivity contribution < 1.29 is 13.2 Å². The largest absolute Gasteiger partial charge is 0.339 e. The maximum atomic E-state index is 12.5. The average Bonchev–Trinajstić information content (AvgIpc) is 3.12. The van der Waals surface area contributed by atoms with Crippen molar-refractivity contribution in [2.45, 2.75) is 36.9 Å². The fourth-order valence-corrected chi connectivity index (χ4v) is 5.11. The van der Waals surface area contributed by atoms with Crippen LogP contribution >= 0.6 is 11.3 Å². The lowest BCUT2D eigenvalue weighted by atomic mass is 10.1. The first-order chi connectivity index (χ1) is 12.0. The number of hydrogen-bond donors (Lipinski definition) is 1. The molecule has 1 aromatic heterocycles. The Balaban J connectivity index is 1.69. The molecule has 1 aliphatic rings. The number of amides is 1. The molecule has 0 radical (unpaired) electrons. The first-order valence-corrected chi connectivity index (χ1v) is 10.8. The van der Waals surface area contributed by atoms with E-state index in [0.717, 1.165) is 54.8 Å². The summed E-state index contributed by atoms with van der Waals surface area (Å²) < 4.78 is 27.8. The van der Waals surface area contributed by atoms with Gasteiger partial charge in [-0.3, -0.25) is 4.79 Å². The maximum Gasteiger partial charge on any atom is 0.254 e. The quantitative estimate of drug-likeness (QED) is 0.869. The van der Waals surface area contributed by atoms with E-state index < -0.39 is 10.0 Å². The molecule has 2 aromatic rings. The highest BCUT2D eigenvalue weighted by molar-refractivity contribution is 7.91. The Labute approximate surface area is 152 Å². The molecule has 1 aromatic carbocycles. The Hall–Kier alpha value is -1.70. The van der Waals surface area contributed by atoms with Crippen LogP contribution < -0.4 is 4.72 Å². The first kappa shape index (κ1) is 18.1. The van der Waals surface area contributed by atoms with Gasteiger partial charge in [-0.2, -0.15) is 0 Å². The van der Waals surface area contributed by atoms with Crippen LogP contribution in [0.15, 0.2) is 39.9 Å². The fraction of sp³-hybridized carbons (Fsp3) is 0.389. The van der Waals surface area contributed by atoms with Crippen molar-refractivity contribution in [3.05, 3.63) is 52.4 Å². The number of carbonyl (C=O) groups excluding carboxylic acids is 1. The highest BCUT2D eigenvalue weighted by Crippen LogP contribution is 2.23. The minimum absolute atomic E-state index is 0.0729. The van der Waals surface area contributed by atoms with E-state index in [2.05, 4.69) is 4.72 Å². The summed E-state index contributed by atoms with van der Waals surface area (Å²) in [4.78, 5) is 14.3. The highest BCUT2D eigenvalue weighted by Gasteiger charge is 2.23. The second kappa shape index (κ2) is 7.68. The van der Waals surface area contributed by atoms with Crippen molar-refractivity contribution in [1.82, 2.24) is 9.62 Å². The third kappa shape index (κ3) is 4.29. The summed E-state index contributed by atoms with van der Waals surface area (Å²) in [5.74, 6) is -0.0729. The summed E-state index contributed by atoms with van der Waals surface area (Å²) in [5.41, 5.74) is 2.44. The minimum Gasteiger partial charge on any atom is -0.339 e. The number of likely N-dealkylation sites (tertiary alicyclic amines) is 1. The van der Waals surface area contributed by atoms with Gasteiger partial charge in [0, 0.05) is 25.0 Å². The SMILES string of the molecule is Cc1ccccc1CNS(=O)(=O)c1cc(C(=O)N2CCCCC2)cs1. The third-order valence-corrected chi connectivity index (χ3v) is 7.29. The monoisotopic (exact) mass is 378 g/mol. The molecular formula is C18H22N2O3S2. The van der Waals surface area contributed by atoms with Gasteiger partial charge in [0.25, 0.3) is 5.91 Å². The molecular weight excluding hydrogens is 356 g/mol. The number of rotatable bonds is 5. The van der Waals surface area contributed by atoms with Crippen molar-refractivity contribution in [2.24, 2.45) is 0 Å². The van der Waals surface area contributed by atoms with Crippen LogP contribution in [0.4, 0.5) is 0 Å². The predicted octanol–water partition coefficient (Wildman–Crippen LogP) is 3.16. The van der Waals surface area contributed by atoms with Gasteiger partial charge < -0.3 is 4.90 Å². The normalized spacial score (nSPS) is 15.3. The van der Waals surface area contributed by atoms with Crippen LogP contribution in [0.25, 0.3) is 0 Å². The van der Waals surface area contributed by atoms with E-state index in [-0.39, 0.29) is 16.7 Å².